The first-order valence-corrected chi connectivity index (χ1v) is 8.58. The molecule has 11 heteroatoms. The standard InChI is InChI=1S/C13H18F2N4O4S/c1-8(20)18-9-3-4-11(19-24(2,22)23)10(5-9)12(21)17-7-13(14,15)6-16/h3-5,19H,6-7,16H2,1-2H3,(H,17,21)(H,18,20). The molecule has 0 aliphatic rings. The monoisotopic (exact) mass is 364 g/mol. The lowest BCUT2D eigenvalue weighted by Gasteiger charge is -2.16. The summed E-state index contributed by atoms with van der Waals surface area (Å²) in [6, 6.07) is 3.77. The highest BCUT2D eigenvalue weighted by atomic mass is 32.2. The van der Waals surface area contributed by atoms with Crippen LogP contribution in [0.4, 0.5) is 20.2 Å². The molecule has 1 aromatic carbocycles. The number of carbonyl (C=O) groups excluding carboxylic acids is 2. The van der Waals surface area contributed by atoms with E-state index in [1.807, 2.05) is 5.32 Å². The van der Waals surface area contributed by atoms with E-state index in [1.165, 1.54) is 25.1 Å². The molecule has 0 unspecified atom stereocenters. The van der Waals surface area contributed by atoms with E-state index in [0.29, 0.717) is 0 Å². The molecule has 0 aromatic heterocycles. The molecule has 0 atom stereocenters. The Labute approximate surface area is 137 Å². The Kier molecular flexibility index (Phi) is 6.21. The second kappa shape index (κ2) is 7.53. The van der Waals surface area contributed by atoms with Crippen LogP contribution in [0.2, 0.25) is 0 Å². The number of carbonyl (C=O) groups is 2. The van der Waals surface area contributed by atoms with Crippen LogP contribution in [0.1, 0.15) is 17.3 Å². The Morgan fingerprint density at radius 3 is 2.42 bits per heavy atom. The van der Waals surface area contributed by atoms with E-state index in [-0.39, 0.29) is 16.9 Å². The topological polar surface area (TPSA) is 130 Å². The Hall–Kier alpha value is -2.27. The van der Waals surface area contributed by atoms with Crippen LogP contribution >= 0.6 is 0 Å². The predicted octanol–water partition coefficient (Wildman–Crippen LogP) is 0.340. The van der Waals surface area contributed by atoms with E-state index in [2.05, 4.69) is 10.0 Å². The Morgan fingerprint density at radius 1 is 1.29 bits per heavy atom. The van der Waals surface area contributed by atoms with Crippen LogP contribution in [0.15, 0.2) is 18.2 Å². The van der Waals surface area contributed by atoms with Crippen LogP contribution in [0.25, 0.3) is 0 Å². The van der Waals surface area contributed by atoms with Crippen molar-refractivity contribution >= 4 is 33.2 Å². The number of alkyl halides is 2. The summed E-state index contributed by atoms with van der Waals surface area (Å²) in [5.41, 5.74) is 4.76. The summed E-state index contributed by atoms with van der Waals surface area (Å²) in [6.07, 6.45) is 0.874. The fraction of sp³-hybridized carbons (Fsp3) is 0.385. The van der Waals surface area contributed by atoms with Crippen molar-refractivity contribution in [3.8, 4) is 0 Å². The first-order chi connectivity index (χ1) is 10.9. The highest BCUT2D eigenvalue weighted by molar-refractivity contribution is 7.92. The molecule has 2 amide bonds. The maximum absolute atomic E-state index is 13.1. The molecule has 0 aliphatic heterocycles. The zero-order valence-corrected chi connectivity index (χ0v) is 13.8. The lowest BCUT2D eigenvalue weighted by Crippen LogP contribution is -2.41. The van der Waals surface area contributed by atoms with E-state index in [4.69, 9.17) is 5.73 Å². The number of hydrogen-bond acceptors (Lipinski definition) is 5. The van der Waals surface area contributed by atoms with Crippen LogP contribution in [-0.4, -0.2) is 45.5 Å². The van der Waals surface area contributed by atoms with Gasteiger partial charge in [-0.2, -0.15) is 0 Å². The predicted molar refractivity (Wildman–Crippen MR) is 85.5 cm³/mol. The quantitative estimate of drug-likeness (QED) is 0.554. The van der Waals surface area contributed by atoms with Crippen LogP contribution in [0.5, 0.6) is 0 Å². The second-order valence-corrected chi connectivity index (χ2v) is 6.81. The lowest BCUT2D eigenvalue weighted by molar-refractivity contribution is -0.114. The van der Waals surface area contributed by atoms with Gasteiger partial charge in [-0.15, -0.1) is 0 Å². The van der Waals surface area contributed by atoms with Gasteiger partial charge in [-0.05, 0) is 18.2 Å². The molecule has 0 bridgehead atoms. The summed E-state index contributed by atoms with van der Waals surface area (Å²) in [7, 11) is -3.70. The fourth-order valence-corrected chi connectivity index (χ4v) is 2.26. The Balaban J connectivity index is 3.14. The van der Waals surface area contributed by atoms with Crippen molar-refractivity contribution < 1.29 is 26.8 Å². The van der Waals surface area contributed by atoms with Crippen molar-refractivity contribution in [2.45, 2.75) is 12.8 Å². The van der Waals surface area contributed by atoms with Crippen LogP contribution in [0, 0.1) is 0 Å². The molecule has 0 saturated heterocycles. The molecule has 24 heavy (non-hydrogen) atoms. The maximum Gasteiger partial charge on any atom is 0.277 e. The van der Waals surface area contributed by atoms with Gasteiger partial charge in [-0.1, -0.05) is 0 Å². The number of halogens is 2. The van der Waals surface area contributed by atoms with E-state index in [9.17, 15) is 26.8 Å². The summed E-state index contributed by atoms with van der Waals surface area (Å²) < 4.78 is 51.1. The number of anilines is 2. The van der Waals surface area contributed by atoms with Gasteiger partial charge < -0.3 is 16.4 Å². The van der Waals surface area contributed by atoms with Gasteiger partial charge in [0.05, 0.1) is 30.6 Å². The average molecular weight is 364 g/mol. The fourth-order valence-electron chi connectivity index (χ4n) is 1.68. The molecule has 0 fully saturated rings. The van der Waals surface area contributed by atoms with Crippen molar-refractivity contribution in [1.29, 1.82) is 0 Å². The average Bonchev–Trinajstić information content (AvgIpc) is 2.44. The van der Waals surface area contributed by atoms with E-state index >= 15 is 0 Å². The summed E-state index contributed by atoms with van der Waals surface area (Å²) in [6.45, 7) is -0.719. The highest BCUT2D eigenvalue weighted by Gasteiger charge is 2.28. The van der Waals surface area contributed by atoms with Crippen molar-refractivity contribution in [3.05, 3.63) is 23.8 Å². The zero-order valence-electron chi connectivity index (χ0n) is 13.0. The maximum atomic E-state index is 13.1. The number of amides is 2. The Bertz CT molecular complexity index is 737. The number of nitrogens with two attached hydrogens (primary N) is 1. The largest absolute Gasteiger partial charge is 0.346 e. The number of nitrogens with one attached hydrogen (secondary N) is 3. The van der Waals surface area contributed by atoms with E-state index in [1.54, 1.807) is 0 Å². The molecular weight excluding hydrogens is 346 g/mol. The molecule has 134 valence electrons. The minimum Gasteiger partial charge on any atom is -0.346 e. The molecular formula is C13H18F2N4O4S. The summed E-state index contributed by atoms with van der Waals surface area (Å²) in [5.74, 6) is -4.66. The van der Waals surface area contributed by atoms with Crippen molar-refractivity contribution in [2.75, 3.05) is 29.4 Å². The normalized spacial score (nSPS) is 11.7. The van der Waals surface area contributed by atoms with Gasteiger partial charge in [0.1, 0.15) is 0 Å². The zero-order chi connectivity index (χ0) is 18.5. The van der Waals surface area contributed by atoms with Gasteiger partial charge in [0.15, 0.2) is 0 Å². The first-order valence-electron chi connectivity index (χ1n) is 6.69. The second-order valence-electron chi connectivity index (χ2n) is 5.06. The van der Waals surface area contributed by atoms with Crippen LogP contribution in [-0.2, 0) is 14.8 Å². The van der Waals surface area contributed by atoms with Crippen LogP contribution in [0.3, 0.4) is 0 Å². The summed E-state index contributed by atoms with van der Waals surface area (Å²) >= 11 is 0. The molecule has 0 spiro atoms. The third-order valence-electron chi connectivity index (χ3n) is 2.69. The number of benzene rings is 1. The smallest absolute Gasteiger partial charge is 0.277 e. The molecule has 0 aliphatic carbocycles. The summed E-state index contributed by atoms with van der Waals surface area (Å²) in [4.78, 5) is 23.2. The highest BCUT2D eigenvalue weighted by Crippen LogP contribution is 2.22. The van der Waals surface area contributed by atoms with Gasteiger partial charge in [0.25, 0.3) is 11.8 Å². The summed E-state index contributed by atoms with van der Waals surface area (Å²) in [5, 5.41) is 4.39. The van der Waals surface area contributed by atoms with Gasteiger partial charge in [-0.25, -0.2) is 17.2 Å². The molecule has 0 heterocycles. The van der Waals surface area contributed by atoms with Crippen molar-refractivity contribution in [2.24, 2.45) is 5.73 Å². The van der Waals surface area contributed by atoms with Gasteiger partial charge in [0.2, 0.25) is 15.9 Å². The van der Waals surface area contributed by atoms with Crippen molar-refractivity contribution in [1.82, 2.24) is 5.32 Å². The molecule has 0 radical (unpaired) electrons. The molecule has 8 nitrogen and oxygen atoms in total. The molecule has 1 rings (SSSR count). The van der Waals surface area contributed by atoms with Gasteiger partial charge in [0, 0.05) is 12.6 Å². The number of hydrogen-bond donors (Lipinski definition) is 4. The SMILES string of the molecule is CC(=O)Nc1ccc(NS(C)(=O)=O)c(C(=O)NCC(F)(F)CN)c1. The third kappa shape index (κ3) is 6.46. The van der Waals surface area contributed by atoms with E-state index in [0.717, 1.165) is 6.26 Å². The molecule has 0 saturated carbocycles. The number of sulfonamides is 1. The van der Waals surface area contributed by atoms with Crippen LogP contribution < -0.4 is 21.1 Å². The lowest BCUT2D eigenvalue weighted by atomic mass is 10.1. The van der Waals surface area contributed by atoms with Crippen molar-refractivity contribution in [3.63, 3.8) is 0 Å². The van der Waals surface area contributed by atoms with Gasteiger partial charge in [-0.3, -0.25) is 14.3 Å². The first kappa shape index (κ1) is 19.8. The minimum absolute atomic E-state index is 0.111. The third-order valence-corrected chi connectivity index (χ3v) is 3.28. The van der Waals surface area contributed by atoms with E-state index < -0.39 is 40.8 Å². The molecule has 5 N–H and O–H groups in total. The number of rotatable bonds is 7. The molecule has 1 aromatic rings. The van der Waals surface area contributed by atoms with Gasteiger partial charge >= 0.3 is 0 Å². The minimum atomic E-state index is -3.70. The Morgan fingerprint density at radius 2 is 1.92 bits per heavy atom.